The number of aromatic amines is 1. The topological polar surface area (TPSA) is 57.1 Å². The van der Waals surface area contributed by atoms with E-state index in [-0.39, 0.29) is 6.17 Å². The van der Waals surface area contributed by atoms with Crippen molar-refractivity contribution in [1.82, 2.24) is 9.88 Å². The van der Waals surface area contributed by atoms with Crippen LogP contribution in [0.4, 0.5) is 5.69 Å². The summed E-state index contributed by atoms with van der Waals surface area (Å²) in [5.74, 6) is 0.698. The minimum Gasteiger partial charge on any atom is -0.368 e. The first-order valence-corrected chi connectivity index (χ1v) is 6.65. The molecule has 3 heterocycles. The van der Waals surface area contributed by atoms with Crippen LogP contribution in [-0.4, -0.2) is 36.2 Å². The van der Waals surface area contributed by atoms with Gasteiger partial charge in [-0.1, -0.05) is 0 Å². The molecule has 4 N–H and O–H groups in total. The zero-order valence-corrected chi connectivity index (χ0v) is 10.5. The number of likely N-dealkylation sites (tertiary alicyclic amines) is 1. The van der Waals surface area contributed by atoms with E-state index in [1.54, 1.807) is 0 Å². The monoisotopic (exact) mass is 234 g/mol. The summed E-state index contributed by atoms with van der Waals surface area (Å²) < 4.78 is 0. The van der Waals surface area contributed by atoms with Gasteiger partial charge in [0, 0.05) is 11.9 Å². The quantitative estimate of drug-likeness (QED) is 0.689. The van der Waals surface area contributed by atoms with Crippen LogP contribution in [0.5, 0.6) is 0 Å². The summed E-state index contributed by atoms with van der Waals surface area (Å²) in [5, 5.41) is 3.45. The van der Waals surface area contributed by atoms with E-state index in [1.165, 1.54) is 42.9 Å². The van der Waals surface area contributed by atoms with Gasteiger partial charge in [0.25, 0.3) is 0 Å². The normalized spacial score (nSPS) is 26.6. The van der Waals surface area contributed by atoms with Crippen molar-refractivity contribution >= 4 is 5.69 Å². The molecule has 94 valence electrons. The first-order valence-electron chi connectivity index (χ1n) is 6.65. The van der Waals surface area contributed by atoms with Gasteiger partial charge in [0.15, 0.2) is 0 Å². The molecule has 0 saturated carbocycles. The predicted octanol–water partition coefficient (Wildman–Crippen LogP) is 1.47. The molecule has 1 unspecified atom stereocenters. The Morgan fingerprint density at radius 3 is 2.82 bits per heavy atom. The molecule has 0 amide bonds. The van der Waals surface area contributed by atoms with Crippen LogP contribution in [0.2, 0.25) is 0 Å². The van der Waals surface area contributed by atoms with Crippen LogP contribution in [0.25, 0.3) is 0 Å². The van der Waals surface area contributed by atoms with E-state index in [0.29, 0.717) is 5.92 Å². The third kappa shape index (κ3) is 2.07. The fourth-order valence-corrected chi connectivity index (χ4v) is 3.05. The van der Waals surface area contributed by atoms with Crippen LogP contribution >= 0.6 is 0 Å². The van der Waals surface area contributed by atoms with Gasteiger partial charge in [0.2, 0.25) is 0 Å². The molecule has 1 fully saturated rings. The van der Waals surface area contributed by atoms with Crippen molar-refractivity contribution in [2.45, 2.75) is 37.8 Å². The number of hydrogen-bond donors (Lipinski definition) is 3. The zero-order chi connectivity index (χ0) is 11.8. The maximum absolute atomic E-state index is 6.00. The summed E-state index contributed by atoms with van der Waals surface area (Å²) in [6.45, 7) is 2.41. The second kappa shape index (κ2) is 4.35. The van der Waals surface area contributed by atoms with E-state index in [1.807, 2.05) is 0 Å². The number of fused-ring (bicyclic) bond motifs is 1. The van der Waals surface area contributed by atoms with E-state index < -0.39 is 0 Å². The minimum atomic E-state index is 0.128. The molecule has 1 aromatic rings. The Hall–Kier alpha value is -1.00. The summed E-state index contributed by atoms with van der Waals surface area (Å²) >= 11 is 0. The summed E-state index contributed by atoms with van der Waals surface area (Å²) in [5.41, 5.74) is 10.1. The van der Waals surface area contributed by atoms with Gasteiger partial charge in [-0.25, -0.2) is 0 Å². The highest BCUT2D eigenvalue weighted by Gasteiger charge is 2.26. The Labute approximate surface area is 103 Å². The number of nitrogens with two attached hydrogens (primary N) is 1. The molecule has 3 rings (SSSR count). The molecule has 1 saturated heterocycles. The molecule has 0 aliphatic carbocycles. The van der Waals surface area contributed by atoms with Gasteiger partial charge in [-0.3, -0.25) is 0 Å². The smallest absolute Gasteiger partial charge is 0.0747 e. The zero-order valence-electron chi connectivity index (χ0n) is 10.5. The van der Waals surface area contributed by atoms with E-state index in [0.717, 1.165) is 12.8 Å². The van der Waals surface area contributed by atoms with Crippen molar-refractivity contribution in [1.29, 1.82) is 0 Å². The van der Waals surface area contributed by atoms with Gasteiger partial charge < -0.3 is 20.9 Å². The molecule has 0 aromatic carbocycles. The van der Waals surface area contributed by atoms with Gasteiger partial charge in [0.05, 0.1) is 11.9 Å². The average Bonchev–Trinajstić information content (AvgIpc) is 2.73. The Morgan fingerprint density at radius 2 is 2.06 bits per heavy atom. The van der Waals surface area contributed by atoms with Gasteiger partial charge in [-0.2, -0.15) is 0 Å². The molecule has 2 aliphatic rings. The molecule has 0 radical (unpaired) electrons. The molecule has 0 spiro atoms. The largest absolute Gasteiger partial charge is 0.368 e. The average molecular weight is 234 g/mol. The Kier molecular flexibility index (Phi) is 2.84. The summed E-state index contributed by atoms with van der Waals surface area (Å²) in [7, 11) is 2.21. The molecule has 4 heteroatoms. The maximum Gasteiger partial charge on any atom is 0.0747 e. The van der Waals surface area contributed by atoms with Crippen molar-refractivity contribution in [3.8, 4) is 0 Å². The highest BCUT2D eigenvalue weighted by atomic mass is 15.1. The number of piperidine rings is 1. The number of aromatic nitrogens is 1. The molecular formula is C13H22N4. The third-order valence-corrected chi connectivity index (χ3v) is 4.19. The second-order valence-corrected chi connectivity index (χ2v) is 5.46. The molecule has 0 bridgehead atoms. The number of aryl methyl sites for hydroxylation is 1. The number of rotatable bonds is 1. The molecule has 17 heavy (non-hydrogen) atoms. The number of nitrogens with one attached hydrogen (secondary N) is 2. The maximum atomic E-state index is 6.00. The van der Waals surface area contributed by atoms with Crippen LogP contribution < -0.4 is 11.1 Å². The fraction of sp³-hybridized carbons (Fsp3) is 0.692. The van der Waals surface area contributed by atoms with E-state index >= 15 is 0 Å². The van der Waals surface area contributed by atoms with Gasteiger partial charge >= 0.3 is 0 Å². The Bertz CT molecular complexity index is 390. The van der Waals surface area contributed by atoms with Crippen LogP contribution in [0.3, 0.4) is 0 Å². The molecular weight excluding hydrogens is 212 g/mol. The summed E-state index contributed by atoms with van der Waals surface area (Å²) in [6, 6.07) is 0. The Morgan fingerprint density at radius 1 is 1.29 bits per heavy atom. The first kappa shape index (κ1) is 11.1. The standard InChI is InChI=1S/C13H22N4/c1-17-6-4-9(5-7-17)10-8-15-11-2-3-12(14)16-13(10)11/h8-9,12,15-16H,2-7,14H2,1H3. The minimum absolute atomic E-state index is 0.128. The van der Waals surface area contributed by atoms with Crippen molar-refractivity contribution in [3.63, 3.8) is 0 Å². The summed E-state index contributed by atoms with van der Waals surface area (Å²) in [6.07, 6.45) is 6.96. The molecule has 4 nitrogen and oxygen atoms in total. The molecule has 2 aliphatic heterocycles. The number of nitrogens with zero attached hydrogens (tertiary/aromatic N) is 1. The van der Waals surface area contributed by atoms with Crippen LogP contribution in [0, 0.1) is 0 Å². The molecule has 1 atom stereocenters. The van der Waals surface area contributed by atoms with Gasteiger partial charge in [-0.05, 0) is 57.3 Å². The van der Waals surface area contributed by atoms with E-state index in [2.05, 4.69) is 28.4 Å². The number of H-pyrrole nitrogens is 1. The van der Waals surface area contributed by atoms with Gasteiger partial charge in [-0.15, -0.1) is 0 Å². The molecule has 1 aromatic heterocycles. The third-order valence-electron chi connectivity index (χ3n) is 4.19. The first-order chi connectivity index (χ1) is 8.24. The highest BCUT2D eigenvalue weighted by Crippen LogP contribution is 2.36. The van der Waals surface area contributed by atoms with E-state index in [9.17, 15) is 0 Å². The lowest BCUT2D eigenvalue weighted by atomic mass is 9.89. The second-order valence-electron chi connectivity index (χ2n) is 5.46. The van der Waals surface area contributed by atoms with Gasteiger partial charge in [0.1, 0.15) is 0 Å². The van der Waals surface area contributed by atoms with Crippen molar-refractivity contribution in [2.75, 3.05) is 25.5 Å². The van der Waals surface area contributed by atoms with Crippen molar-refractivity contribution in [2.24, 2.45) is 5.73 Å². The fourth-order valence-electron chi connectivity index (χ4n) is 3.05. The van der Waals surface area contributed by atoms with E-state index in [4.69, 9.17) is 5.73 Å². The van der Waals surface area contributed by atoms with Crippen LogP contribution in [-0.2, 0) is 6.42 Å². The number of hydrogen-bond acceptors (Lipinski definition) is 3. The Balaban J connectivity index is 1.81. The summed E-state index contributed by atoms with van der Waals surface area (Å²) in [4.78, 5) is 5.84. The van der Waals surface area contributed by atoms with Crippen LogP contribution in [0.15, 0.2) is 6.20 Å². The van der Waals surface area contributed by atoms with Crippen molar-refractivity contribution in [3.05, 3.63) is 17.5 Å². The lowest BCUT2D eigenvalue weighted by molar-refractivity contribution is 0.255. The number of anilines is 1. The highest BCUT2D eigenvalue weighted by molar-refractivity contribution is 5.59. The SMILES string of the molecule is CN1CCC(c2c[nH]c3c2NC(N)CC3)CC1. The lowest BCUT2D eigenvalue weighted by Gasteiger charge is -2.30. The van der Waals surface area contributed by atoms with Crippen molar-refractivity contribution < 1.29 is 0 Å². The lowest BCUT2D eigenvalue weighted by Crippen LogP contribution is -2.34. The predicted molar refractivity (Wildman–Crippen MR) is 70.2 cm³/mol. The van der Waals surface area contributed by atoms with Crippen LogP contribution in [0.1, 0.15) is 36.4 Å².